The average molecular weight is 479 g/mol. The maximum absolute atomic E-state index is 13.5. The second-order valence-corrected chi connectivity index (χ2v) is 10.2. The third-order valence-corrected chi connectivity index (χ3v) is 6.49. The number of halogens is 1. The fraction of sp³-hybridized carbons (Fsp3) is 0.565. The molecule has 9 nitrogen and oxygen atoms in total. The van der Waals surface area contributed by atoms with Crippen LogP contribution in [0.4, 0.5) is 5.69 Å². The highest BCUT2D eigenvalue weighted by molar-refractivity contribution is 6.33. The molecule has 0 bridgehead atoms. The van der Waals surface area contributed by atoms with Crippen molar-refractivity contribution in [2.45, 2.75) is 70.7 Å². The minimum Gasteiger partial charge on any atom is -0.398 e. The van der Waals surface area contributed by atoms with E-state index in [1.807, 2.05) is 20.8 Å². The summed E-state index contributed by atoms with van der Waals surface area (Å²) in [7, 11) is 0. The quantitative estimate of drug-likeness (QED) is 0.469. The Morgan fingerprint density at radius 3 is 2.52 bits per heavy atom. The molecule has 5 N–H and O–H groups in total. The van der Waals surface area contributed by atoms with Crippen molar-refractivity contribution in [2.75, 3.05) is 12.3 Å². The van der Waals surface area contributed by atoms with Gasteiger partial charge in [0.2, 0.25) is 11.8 Å². The number of amides is 3. The minimum atomic E-state index is -0.916. The molecule has 0 aromatic heterocycles. The van der Waals surface area contributed by atoms with Gasteiger partial charge in [-0.1, -0.05) is 32.4 Å². The number of rotatable bonds is 5. The number of nitrogens with one attached hydrogen (secondary N) is 2. The van der Waals surface area contributed by atoms with Crippen LogP contribution in [-0.4, -0.2) is 64.3 Å². The predicted octanol–water partition coefficient (Wildman–Crippen LogP) is 1.27. The normalized spacial score (nSPS) is 24.0. The number of nitrogens with zero attached hydrogens (tertiary/aromatic N) is 1. The molecule has 1 aliphatic heterocycles. The topological polar surface area (TPSA) is 142 Å². The van der Waals surface area contributed by atoms with Gasteiger partial charge >= 0.3 is 0 Å². The Morgan fingerprint density at radius 1 is 1.24 bits per heavy atom. The second-order valence-electron chi connectivity index (χ2n) is 9.83. The number of benzene rings is 1. The Hall–Kier alpha value is -2.65. The molecule has 0 radical (unpaired) electrons. The van der Waals surface area contributed by atoms with Crippen LogP contribution in [-0.2, 0) is 14.4 Å². The third kappa shape index (κ3) is 5.65. The van der Waals surface area contributed by atoms with E-state index in [0.717, 1.165) is 0 Å². The van der Waals surface area contributed by atoms with Gasteiger partial charge in [-0.2, -0.15) is 0 Å². The predicted molar refractivity (Wildman–Crippen MR) is 123 cm³/mol. The summed E-state index contributed by atoms with van der Waals surface area (Å²) in [5, 5.41) is 15.7. The minimum absolute atomic E-state index is 0.0194. The van der Waals surface area contributed by atoms with E-state index in [1.54, 1.807) is 0 Å². The lowest BCUT2D eigenvalue weighted by Crippen LogP contribution is -2.58. The lowest BCUT2D eigenvalue weighted by molar-refractivity contribution is -0.142. The average Bonchev–Trinajstić information content (AvgIpc) is 3.33. The summed E-state index contributed by atoms with van der Waals surface area (Å²) in [5.41, 5.74) is 5.69. The zero-order chi connectivity index (χ0) is 24.5. The lowest BCUT2D eigenvalue weighted by Gasteiger charge is -2.35. The maximum Gasteiger partial charge on any atom is 0.252 e. The molecule has 1 aromatic carbocycles. The number of aliphatic hydroxyl groups is 1. The summed E-state index contributed by atoms with van der Waals surface area (Å²) >= 11 is 6.03. The molecular weight excluding hydrogens is 448 g/mol. The molecule has 1 heterocycles. The summed E-state index contributed by atoms with van der Waals surface area (Å²) in [6.07, 6.45) is 0.283. The smallest absolute Gasteiger partial charge is 0.252 e. The highest BCUT2D eigenvalue weighted by Crippen LogP contribution is 2.27. The van der Waals surface area contributed by atoms with Crippen LogP contribution in [0, 0.1) is 5.41 Å². The number of carbonyl (C=O) groups is 4. The highest BCUT2D eigenvalue weighted by Gasteiger charge is 2.43. The molecule has 1 aliphatic carbocycles. The number of nitrogens with two attached hydrogens (primary N) is 1. The Balaban J connectivity index is 1.75. The number of hydrogen-bond donors (Lipinski definition) is 4. The van der Waals surface area contributed by atoms with Gasteiger partial charge in [0.1, 0.15) is 17.9 Å². The molecule has 0 unspecified atom stereocenters. The van der Waals surface area contributed by atoms with E-state index in [4.69, 9.17) is 17.3 Å². The molecule has 3 rings (SSSR count). The molecule has 1 saturated heterocycles. The van der Waals surface area contributed by atoms with E-state index in [0.29, 0.717) is 25.1 Å². The van der Waals surface area contributed by atoms with Crippen molar-refractivity contribution in [3.05, 3.63) is 28.8 Å². The number of anilines is 1. The first-order chi connectivity index (χ1) is 15.4. The first-order valence-corrected chi connectivity index (χ1v) is 11.4. The fourth-order valence-corrected chi connectivity index (χ4v) is 4.45. The van der Waals surface area contributed by atoms with Crippen LogP contribution in [0.1, 0.15) is 56.8 Å². The van der Waals surface area contributed by atoms with Gasteiger partial charge in [0, 0.05) is 24.9 Å². The molecule has 1 aromatic rings. The van der Waals surface area contributed by atoms with Crippen molar-refractivity contribution in [3.63, 3.8) is 0 Å². The van der Waals surface area contributed by atoms with Crippen LogP contribution < -0.4 is 16.4 Å². The van der Waals surface area contributed by atoms with Gasteiger partial charge < -0.3 is 26.4 Å². The molecule has 0 spiro atoms. The Kier molecular flexibility index (Phi) is 7.33. The zero-order valence-corrected chi connectivity index (χ0v) is 19.8. The first kappa shape index (κ1) is 25.0. The van der Waals surface area contributed by atoms with Crippen LogP contribution in [0.2, 0.25) is 5.02 Å². The Bertz CT molecular complexity index is 961. The number of nitrogen functional groups attached to an aromatic ring is 1. The van der Waals surface area contributed by atoms with Crippen molar-refractivity contribution in [1.29, 1.82) is 0 Å². The van der Waals surface area contributed by atoms with Crippen LogP contribution >= 0.6 is 11.6 Å². The number of Topliss-reactive ketones (excluding diaryl/α,β-unsaturated/α-hetero) is 1. The molecule has 10 heteroatoms. The number of carbonyl (C=O) groups excluding carboxylic acids is 4. The number of aliphatic hydroxyl groups excluding tert-OH is 1. The highest BCUT2D eigenvalue weighted by atomic mass is 35.5. The van der Waals surface area contributed by atoms with Crippen molar-refractivity contribution >= 4 is 40.8 Å². The van der Waals surface area contributed by atoms with Gasteiger partial charge in [-0.25, -0.2) is 0 Å². The molecule has 2 fully saturated rings. The van der Waals surface area contributed by atoms with Gasteiger partial charge in [-0.05, 0) is 36.5 Å². The molecule has 1 saturated carbocycles. The van der Waals surface area contributed by atoms with Gasteiger partial charge in [0.15, 0.2) is 0 Å². The van der Waals surface area contributed by atoms with E-state index >= 15 is 0 Å². The molecular formula is C23H31ClN4O5. The molecule has 3 amide bonds. The summed E-state index contributed by atoms with van der Waals surface area (Å²) in [6, 6.07) is 2.23. The van der Waals surface area contributed by atoms with Gasteiger partial charge in [-0.3, -0.25) is 19.2 Å². The largest absolute Gasteiger partial charge is 0.398 e. The third-order valence-electron chi connectivity index (χ3n) is 6.17. The summed E-state index contributed by atoms with van der Waals surface area (Å²) in [6.45, 7) is 5.87. The molecule has 4 atom stereocenters. The molecule has 180 valence electrons. The van der Waals surface area contributed by atoms with Gasteiger partial charge in [0.05, 0.1) is 22.9 Å². The standard InChI is InChI=1S/C23H31ClN4O5/c1-23(2,3)19(27-20(31)12-6-7-15(25)14(24)9-12)22(33)28-8-4-5-17(28)21(32)26-16-10-13(29)11-18(16)30/h6-7,9,16-19,30H,4-5,8,10-11,25H2,1-3H3,(H,26,32)(H,27,31)/t16-,17-,18+,19+/m0/s1. The van der Waals surface area contributed by atoms with E-state index in [9.17, 15) is 24.3 Å². The molecule has 2 aliphatic rings. The maximum atomic E-state index is 13.5. The van der Waals surface area contributed by atoms with Crippen molar-refractivity contribution in [2.24, 2.45) is 5.41 Å². The lowest BCUT2D eigenvalue weighted by atomic mass is 9.85. The first-order valence-electron chi connectivity index (χ1n) is 11.0. The van der Waals surface area contributed by atoms with Crippen molar-refractivity contribution in [3.8, 4) is 0 Å². The van der Waals surface area contributed by atoms with E-state index < -0.39 is 41.5 Å². The van der Waals surface area contributed by atoms with Crippen molar-refractivity contribution < 1.29 is 24.3 Å². The van der Waals surface area contributed by atoms with Crippen LogP contribution in [0.15, 0.2) is 18.2 Å². The summed E-state index contributed by atoms with van der Waals surface area (Å²) < 4.78 is 0. The second kappa shape index (κ2) is 9.69. The fourth-order valence-electron chi connectivity index (χ4n) is 4.27. The summed E-state index contributed by atoms with van der Waals surface area (Å²) in [5.74, 6) is -1.34. The van der Waals surface area contributed by atoms with Crippen LogP contribution in [0.5, 0.6) is 0 Å². The zero-order valence-electron chi connectivity index (χ0n) is 19.1. The number of likely N-dealkylation sites (tertiary alicyclic amines) is 1. The summed E-state index contributed by atoms with van der Waals surface area (Å²) in [4.78, 5) is 52.4. The molecule has 33 heavy (non-hydrogen) atoms. The van der Waals surface area contributed by atoms with Gasteiger partial charge in [-0.15, -0.1) is 0 Å². The van der Waals surface area contributed by atoms with Crippen LogP contribution in [0.3, 0.4) is 0 Å². The van der Waals surface area contributed by atoms with E-state index in [2.05, 4.69) is 10.6 Å². The van der Waals surface area contributed by atoms with Crippen LogP contribution in [0.25, 0.3) is 0 Å². The monoisotopic (exact) mass is 478 g/mol. The van der Waals surface area contributed by atoms with E-state index in [-0.39, 0.29) is 35.1 Å². The SMILES string of the molecule is CC(C)(C)[C@H](NC(=O)c1ccc(N)c(Cl)c1)C(=O)N1CCC[C@H]1C(=O)N[C@H]1CC(=O)C[C@H]1O. The number of ketones is 1. The number of hydrogen-bond acceptors (Lipinski definition) is 6. The Labute approximate surface area is 198 Å². The van der Waals surface area contributed by atoms with Crippen molar-refractivity contribution in [1.82, 2.24) is 15.5 Å². The Morgan fingerprint density at radius 2 is 1.94 bits per heavy atom. The van der Waals surface area contributed by atoms with E-state index in [1.165, 1.54) is 23.1 Å². The van der Waals surface area contributed by atoms with Gasteiger partial charge in [0.25, 0.3) is 5.91 Å².